The van der Waals surface area contributed by atoms with Gasteiger partial charge in [0.05, 0.1) is 11.9 Å². The standard InChI is InChI=1S/C16H23N3/c1-12(2)13(3)9-17-10-15-11-18-19-16(15)14-7-5-4-6-8-14/h4-8,11-13,17H,9-10H2,1-3H3,(H,18,19). The summed E-state index contributed by atoms with van der Waals surface area (Å²) in [5.74, 6) is 1.40. The fourth-order valence-corrected chi connectivity index (χ4v) is 1.97. The van der Waals surface area contributed by atoms with Crippen LogP contribution in [0.1, 0.15) is 26.3 Å². The van der Waals surface area contributed by atoms with Crippen LogP contribution in [0.25, 0.3) is 11.3 Å². The molecule has 3 nitrogen and oxygen atoms in total. The Morgan fingerprint density at radius 2 is 1.89 bits per heavy atom. The lowest BCUT2D eigenvalue weighted by Gasteiger charge is -2.16. The second kappa shape index (κ2) is 6.53. The van der Waals surface area contributed by atoms with Gasteiger partial charge in [0.25, 0.3) is 0 Å². The first kappa shape index (κ1) is 13.8. The summed E-state index contributed by atoms with van der Waals surface area (Å²) in [6.07, 6.45) is 1.91. The van der Waals surface area contributed by atoms with Crippen LogP contribution in [-0.4, -0.2) is 16.7 Å². The van der Waals surface area contributed by atoms with Crippen LogP contribution in [0, 0.1) is 11.8 Å². The van der Waals surface area contributed by atoms with Gasteiger partial charge < -0.3 is 5.32 Å². The zero-order valence-electron chi connectivity index (χ0n) is 12.0. The van der Waals surface area contributed by atoms with Gasteiger partial charge in [0.15, 0.2) is 0 Å². The Kier molecular flexibility index (Phi) is 4.74. The van der Waals surface area contributed by atoms with Gasteiger partial charge in [0, 0.05) is 12.1 Å². The summed E-state index contributed by atoms with van der Waals surface area (Å²) < 4.78 is 0. The molecule has 0 spiro atoms. The highest BCUT2D eigenvalue weighted by Crippen LogP contribution is 2.20. The zero-order valence-corrected chi connectivity index (χ0v) is 12.0. The van der Waals surface area contributed by atoms with Crippen LogP contribution < -0.4 is 5.32 Å². The van der Waals surface area contributed by atoms with Crippen molar-refractivity contribution in [3.63, 3.8) is 0 Å². The zero-order chi connectivity index (χ0) is 13.7. The first-order valence-corrected chi connectivity index (χ1v) is 6.97. The van der Waals surface area contributed by atoms with E-state index in [-0.39, 0.29) is 0 Å². The van der Waals surface area contributed by atoms with Gasteiger partial charge in [-0.3, -0.25) is 5.10 Å². The molecule has 19 heavy (non-hydrogen) atoms. The van der Waals surface area contributed by atoms with Gasteiger partial charge >= 0.3 is 0 Å². The molecule has 0 radical (unpaired) electrons. The fraction of sp³-hybridized carbons (Fsp3) is 0.438. The summed E-state index contributed by atoms with van der Waals surface area (Å²) in [7, 11) is 0. The van der Waals surface area contributed by atoms with Crippen LogP contribution in [0.4, 0.5) is 0 Å². The van der Waals surface area contributed by atoms with Gasteiger partial charge in [-0.25, -0.2) is 0 Å². The first-order valence-electron chi connectivity index (χ1n) is 6.97. The summed E-state index contributed by atoms with van der Waals surface area (Å²) in [6, 6.07) is 10.3. The van der Waals surface area contributed by atoms with Crippen molar-refractivity contribution in [1.29, 1.82) is 0 Å². The van der Waals surface area contributed by atoms with Crippen LogP contribution in [0.3, 0.4) is 0 Å². The lowest BCUT2D eigenvalue weighted by Crippen LogP contribution is -2.23. The number of nitrogens with zero attached hydrogens (tertiary/aromatic N) is 1. The molecule has 102 valence electrons. The van der Waals surface area contributed by atoms with Crippen LogP contribution in [-0.2, 0) is 6.54 Å². The molecule has 0 saturated heterocycles. The van der Waals surface area contributed by atoms with Crippen molar-refractivity contribution in [2.45, 2.75) is 27.3 Å². The predicted molar refractivity (Wildman–Crippen MR) is 79.7 cm³/mol. The molecule has 1 unspecified atom stereocenters. The van der Waals surface area contributed by atoms with E-state index in [9.17, 15) is 0 Å². The number of hydrogen-bond acceptors (Lipinski definition) is 2. The van der Waals surface area contributed by atoms with Crippen molar-refractivity contribution in [1.82, 2.24) is 15.5 Å². The van der Waals surface area contributed by atoms with E-state index in [0.29, 0.717) is 11.8 Å². The quantitative estimate of drug-likeness (QED) is 0.832. The highest BCUT2D eigenvalue weighted by Gasteiger charge is 2.09. The lowest BCUT2D eigenvalue weighted by atomic mass is 9.98. The Bertz CT molecular complexity index is 488. The van der Waals surface area contributed by atoms with E-state index < -0.39 is 0 Å². The average molecular weight is 257 g/mol. The van der Waals surface area contributed by atoms with Crippen LogP contribution >= 0.6 is 0 Å². The van der Waals surface area contributed by atoms with Gasteiger partial charge in [-0.2, -0.15) is 5.10 Å². The molecule has 1 aromatic heterocycles. The highest BCUT2D eigenvalue weighted by atomic mass is 15.1. The van der Waals surface area contributed by atoms with Crippen LogP contribution in [0.15, 0.2) is 36.5 Å². The Morgan fingerprint density at radius 1 is 1.16 bits per heavy atom. The molecule has 2 rings (SSSR count). The number of aromatic amines is 1. The molecule has 0 aliphatic heterocycles. The van der Waals surface area contributed by atoms with E-state index in [2.05, 4.69) is 48.4 Å². The van der Waals surface area contributed by atoms with E-state index >= 15 is 0 Å². The van der Waals surface area contributed by atoms with Gasteiger partial charge in [-0.15, -0.1) is 0 Å². The highest BCUT2D eigenvalue weighted by molar-refractivity contribution is 5.62. The topological polar surface area (TPSA) is 40.7 Å². The number of hydrogen-bond donors (Lipinski definition) is 2. The Hall–Kier alpha value is -1.61. The summed E-state index contributed by atoms with van der Waals surface area (Å²) in [5, 5.41) is 10.8. The minimum atomic E-state index is 0.687. The van der Waals surface area contributed by atoms with E-state index in [4.69, 9.17) is 0 Å². The Labute approximate surface area is 115 Å². The second-order valence-corrected chi connectivity index (χ2v) is 5.49. The first-order chi connectivity index (χ1) is 9.18. The fourth-order valence-electron chi connectivity index (χ4n) is 1.97. The maximum Gasteiger partial charge on any atom is 0.0695 e. The summed E-state index contributed by atoms with van der Waals surface area (Å²) in [5.41, 5.74) is 3.53. The smallest absolute Gasteiger partial charge is 0.0695 e. The van der Waals surface area contributed by atoms with E-state index in [1.807, 2.05) is 24.4 Å². The molecule has 0 aliphatic carbocycles. The van der Waals surface area contributed by atoms with Crippen LogP contribution in [0.2, 0.25) is 0 Å². The van der Waals surface area contributed by atoms with Crippen LogP contribution in [0.5, 0.6) is 0 Å². The van der Waals surface area contributed by atoms with Crippen molar-refractivity contribution >= 4 is 0 Å². The molecule has 0 aliphatic rings. The molecule has 1 aromatic carbocycles. The summed E-state index contributed by atoms with van der Waals surface area (Å²) in [4.78, 5) is 0. The number of benzene rings is 1. The largest absolute Gasteiger partial charge is 0.312 e. The molecular weight excluding hydrogens is 234 g/mol. The monoisotopic (exact) mass is 257 g/mol. The molecule has 1 heterocycles. The number of rotatable bonds is 6. The molecule has 0 amide bonds. The summed E-state index contributed by atoms with van der Waals surface area (Å²) in [6.45, 7) is 8.71. The van der Waals surface area contributed by atoms with Crippen molar-refractivity contribution in [2.24, 2.45) is 11.8 Å². The molecule has 1 atom stereocenters. The third kappa shape index (κ3) is 3.67. The minimum absolute atomic E-state index is 0.687. The Balaban J connectivity index is 1.97. The molecular formula is C16H23N3. The maximum absolute atomic E-state index is 4.17. The average Bonchev–Trinajstić information content (AvgIpc) is 2.88. The lowest BCUT2D eigenvalue weighted by molar-refractivity contribution is 0.392. The van der Waals surface area contributed by atoms with E-state index in [0.717, 1.165) is 18.8 Å². The SMILES string of the molecule is CC(C)C(C)CNCc1cn[nH]c1-c1ccccc1. The molecule has 0 saturated carbocycles. The van der Waals surface area contributed by atoms with E-state index in [1.54, 1.807) is 0 Å². The third-order valence-corrected chi connectivity index (χ3v) is 3.70. The van der Waals surface area contributed by atoms with Crippen molar-refractivity contribution in [3.05, 3.63) is 42.1 Å². The van der Waals surface area contributed by atoms with Gasteiger partial charge in [0.2, 0.25) is 0 Å². The molecule has 2 N–H and O–H groups in total. The summed E-state index contributed by atoms with van der Waals surface area (Å²) >= 11 is 0. The third-order valence-electron chi connectivity index (χ3n) is 3.70. The molecule has 0 bridgehead atoms. The van der Waals surface area contributed by atoms with Gasteiger partial charge in [-0.05, 0) is 23.9 Å². The minimum Gasteiger partial charge on any atom is -0.312 e. The number of aromatic nitrogens is 2. The van der Waals surface area contributed by atoms with Gasteiger partial charge in [-0.1, -0.05) is 51.1 Å². The second-order valence-electron chi connectivity index (χ2n) is 5.49. The predicted octanol–water partition coefficient (Wildman–Crippen LogP) is 3.46. The van der Waals surface area contributed by atoms with Crippen molar-refractivity contribution in [2.75, 3.05) is 6.54 Å². The van der Waals surface area contributed by atoms with Crippen molar-refractivity contribution < 1.29 is 0 Å². The maximum atomic E-state index is 4.17. The van der Waals surface area contributed by atoms with Crippen molar-refractivity contribution in [3.8, 4) is 11.3 Å². The molecule has 2 aromatic rings. The van der Waals surface area contributed by atoms with Gasteiger partial charge in [0.1, 0.15) is 0 Å². The van der Waals surface area contributed by atoms with E-state index in [1.165, 1.54) is 11.1 Å². The molecule has 3 heteroatoms. The molecule has 0 fully saturated rings. The number of H-pyrrole nitrogens is 1. The Morgan fingerprint density at radius 3 is 2.58 bits per heavy atom. The number of nitrogens with one attached hydrogen (secondary N) is 2. The normalized spacial score (nSPS) is 12.8.